The minimum Gasteiger partial charge on any atom is -0.478 e. The van der Waals surface area contributed by atoms with Gasteiger partial charge in [-0.15, -0.1) is 11.3 Å². The van der Waals surface area contributed by atoms with Gasteiger partial charge in [0, 0.05) is 46.4 Å². The number of pyridine rings is 1. The van der Waals surface area contributed by atoms with Gasteiger partial charge >= 0.3 is 5.97 Å². The van der Waals surface area contributed by atoms with E-state index in [0.29, 0.717) is 34.5 Å². The highest BCUT2D eigenvalue weighted by Crippen LogP contribution is 2.32. The van der Waals surface area contributed by atoms with Crippen LogP contribution in [-0.2, 0) is 13.1 Å². The summed E-state index contributed by atoms with van der Waals surface area (Å²) in [6.45, 7) is 2.81. The molecule has 0 aliphatic rings. The Labute approximate surface area is 232 Å². The second-order valence-corrected chi connectivity index (χ2v) is 10.5. The number of thiophene rings is 1. The number of aryl methyl sites for hydroxylation is 1. The molecule has 2 N–H and O–H groups in total. The van der Waals surface area contributed by atoms with Crippen molar-refractivity contribution in [2.45, 2.75) is 20.0 Å². The number of hydrogen-bond acceptors (Lipinski definition) is 6. The standard InChI is InChI=1S/C29H23ClN4O4S/c1-2-33-17-23(18-6-4-3-5-7-18)22(14-27(33)35)24-15-26(31-16-21-12-13-25(30)39-21)34(32-24)28(36)19-8-10-20(11-9-19)29(37)38/h3-15,17,31H,2,16H2,1H3,(H,37,38). The van der Waals surface area contributed by atoms with E-state index in [1.807, 2.05) is 43.3 Å². The van der Waals surface area contributed by atoms with Crippen molar-refractivity contribution in [3.05, 3.63) is 116 Å². The third kappa shape index (κ3) is 5.55. The predicted octanol–water partition coefficient (Wildman–Crippen LogP) is 6.11. The molecule has 0 unspecified atom stereocenters. The van der Waals surface area contributed by atoms with Crippen molar-refractivity contribution in [2.24, 2.45) is 0 Å². The van der Waals surface area contributed by atoms with Crippen molar-refractivity contribution in [3.8, 4) is 22.4 Å². The summed E-state index contributed by atoms with van der Waals surface area (Å²) in [5, 5.41) is 17.1. The van der Waals surface area contributed by atoms with Gasteiger partial charge < -0.3 is 15.0 Å². The Hall–Kier alpha value is -4.47. The van der Waals surface area contributed by atoms with Gasteiger partial charge in [-0.25, -0.2) is 4.79 Å². The Bertz CT molecular complexity index is 1720. The van der Waals surface area contributed by atoms with E-state index in [1.165, 1.54) is 46.4 Å². The molecule has 0 amide bonds. The molecule has 0 saturated heterocycles. The molecule has 5 rings (SSSR count). The minimum atomic E-state index is -1.08. The molecule has 0 aliphatic carbocycles. The van der Waals surface area contributed by atoms with Crippen molar-refractivity contribution in [1.82, 2.24) is 14.3 Å². The molecule has 10 heteroatoms. The van der Waals surface area contributed by atoms with Gasteiger partial charge in [0.2, 0.25) is 0 Å². The summed E-state index contributed by atoms with van der Waals surface area (Å²) >= 11 is 7.50. The molecule has 3 aromatic heterocycles. The van der Waals surface area contributed by atoms with Crippen LogP contribution in [0.2, 0.25) is 4.34 Å². The number of rotatable bonds is 8. The lowest BCUT2D eigenvalue weighted by molar-refractivity contribution is 0.0696. The lowest BCUT2D eigenvalue weighted by Crippen LogP contribution is -2.19. The van der Waals surface area contributed by atoms with E-state index in [9.17, 15) is 19.5 Å². The third-order valence-corrected chi connectivity index (χ3v) is 7.41. The Kier molecular flexibility index (Phi) is 7.44. The smallest absolute Gasteiger partial charge is 0.335 e. The number of benzene rings is 2. The molecule has 0 radical (unpaired) electrons. The first-order valence-corrected chi connectivity index (χ1v) is 13.3. The number of nitrogens with zero attached hydrogens (tertiary/aromatic N) is 3. The van der Waals surface area contributed by atoms with E-state index < -0.39 is 11.9 Å². The molecule has 39 heavy (non-hydrogen) atoms. The second-order valence-electron chi connectivity index (χ2n) is 8.66. The molecule has 0 aliphatic heterocycles. The molecule has 196 valence electrons. The highest BCUT2D eigenvalue weighted by Gasteiger charge is 2.21. The molecule has 0 saturated carbocycles. The zero-order valence-corrected chi connectivity index (χ0v) is 22.4. The van der Waals surface area contributed by atoms with Crippen LogP contribution in [0.5, 0.6) is 0 Å². The van der Waals surface area contributed by atoms with E-state index >= 15 is 0 Å². The fourth-order valence-electron chi connectivity index (χ4n) is 4.18. The van der Waals surface area contributed by atoms with Gasteiger partial charge in [0.15, 0.2) is 0 Å². The summed E-state index contributed by atoms with van der Waals surface area (Å²) in [7, 11) is 0. The maximum atomic E-state index is 13.6. The van der Waals surface area contributed by atoms with Crippen LogP contribution in [-0.4, -0.2) is 31.3 Å². The average Bonchev–Trinajstić information content (AvgIpc) is 3.57. The van der Waals surface area contributed by atoms with Gasteiger partial charge in [-0.05, 0) is 48.9 Å². The lowest BCUT2D eigenvalue weighted by Gasteiger charge is -2.11. The lowest BCUT2D eigenvalue weighted by atomic mass is 10.00. The maximum absolute atomic E-state index is 13.6. The number of carboxylic acid groups (broad SMARTS) is 1. The fourth-order valence-corrected chi connectivity index (χ4v) is 5.20. The third-order valence-electron chi connectivity index (χ3n) is 6.18. The monoisotopic (exact) mass is 558 g/mol. The number of anilines is 1. The van der Waals surface area contributed by atoms with Crippen molar-refractivity contribution in [2.75, 3.05) is 5.32 Å². The summed E-state index contributed by atoms with van der Waals surface area (Å²) in [6, 6.07) is 22.3. The predicted molar refractivity (Wildman–Crippen MR) is 153 cm³/mol. The molecule has 0 atom stereocenters. The van der Waals surface area contributed by atoms with E-state index in [4.69, 9.17) is 11.6 Å². The zero-order valence-electron chi connectivity index (χ0n) is 20.8. The Morgan fingerprint density at radius 2 is 1.69 bits per heavy atom. The summed E-state index contributed by atoms with van der Waals surface area (Å²) in [5.41, 5.74) is 2.90. The van der Waals surface area contributed by atoms with Crippen LogP contribution < -0.4 is 10.9 Å². The molecule has 0 bridgehead atoms. The summed E-state index contributed by atoms with van der Waals surface area (Å²) < 4.78 is 3.51. The number of halogens is 1. The highest BCUT2D eigenvalue weighted by atomic mass is 35.5. The van der Waals surface area contributed by atoms with Crippen LogP contribution in [0.15, 0.2) is 89.9 Å². The molecule has 2 aromatic carbocycles. The van der Waals surface area contributed by atoms with Crippen LogP contribution in [0.3, 0.4) is 0 Å². The fraction of sp³-hybridized carbons (Fsp3) is 0.103. The number of carboxylic acids is 1. The number of aromatic carboxylic acids is 1. The van der Waals surface area contributed by atoms with E-state index in [-0.39, 0.29) is 16.7 Å². The van der Waals surface area contributed by atoms with Crippen molar-refractivity contribution in [3.63, 3.8) is 0 Å². The molecular formula is C29H23ClN4O4S. The van der Waals surface area contributed by atoms with Gasteiger partial charge in [0.05, 0.1) is 22.1 Å². The van der Waals surface area contributed by atoms with Crippen molar-refractivity contribution >= 4 is 40.6 Å². The first-order valence-electron chi connectivity index (χ1n) is 12.1. The first-order chi connectivity index (χ1) is 18.8. The van der Waals surface area contributed by atoms with Gasteiger partial charge in [-0.3, -0.25) is 9.59 Å². The van der Waals surface area contributed by atoms with Crippen LogP contribution in [0.1, 0.15) is 32.5 Å². The topological polar surface area (TPSA) is 106 Å². The minimum absolute atomic E-state index is 0.0737. The van der Waals surface area contributed by atoms with Gasteiger partial charge in [-0.1, -0.05) is 41.9 Å². The number of hydrogen-bond donors (Lipinski definition) is 2. The first kappa shape index (κ1) is 26.1. The maximum Gasteiger partial charge on any atom is 0.335 e. The zero-order chi connectivity index (χ0) is 27.5. The normalized spacial score (nSPS) is 10.9. The number of aromatic nitrogens is 3. The Balaban J connectivity index is 1.62. The highest BCUT2D eigenvalue weighted by molar-refractivity contribution is 7.16. The van der Waals surface area contributed by atoms with Gasteiger partial charge in [0.1, 0.15) is 5.82 Å². The van der Waals surface area contributed by atoms with Crippen LogP contribution in [0.25, 0.3) is 22.4 Å². The molecule has 0 fully saturated rings. The van der Waals surface area contributed by atoms with E-state index in [2.05, 4.69) is 10.4 Å². The average molecular weight is 559 g/mol. The van der Waals surface area contributed by atoms with Crippen LogP contribution in [0.4, 0.5) is 5.82 Å². The summed E-state index contributed by atoms with van der Waals surface area (Å²) in [4.78, 5) is 38.6. The number of carbonyl (C=O) groups excluding carboxylic acids is 1. The van der Waals surface area contributed by atoms with E-state index in [1.54, 1.807) is 22.9 Å². The SMILES string of the molecule is CCn1cc(-c2ccccc2)c(-c2cc(NCc3ccc(Cl)s3)n(C(=O)c3ccc(C(=O)O)cc3)n2)cc1=O. The molecule has 5 aromatic rings. The molecule has 8 nitrogen and oxygen atoms in total. The van der Waals surface area contributed by atoms with Crippen LogP contribution >= 0.6 is 22.9 Å². The van der Waals surface area contributed by atoms with Crippen molar-refractivity contribution < 1.29 is 14.7 Å². The van der Waals surface area contributed by atoms with Crippen LogP contribution in [0, 0.1) is 0 Å². The molecular weight excluding hydrogens is 536 g/mol. The summed E-state index contributed by atoms with van der Waals surface area (Å²) in [5.74, 6) is -1.11. The van der Waals surface area contributed by atoms with Gasteiger partial charge in [0.25, 0.3) is 11.5 Å². The molecule has 0 spiro atoms. The van der Waals surface area contributed by atoms with E-state index in [0.717, 1.165) is 16.0 Å². The summed E-state index contributed by atoms with van der Waals surface area (Å²) in [6.07, 6.45) is 1.80. The van der Waals surface area contributed by atoms with Gasteiger partial charge in [-0.2, -0.15) is 9.78 Å². The Morgan fingerprint density at radius 3 is 2.33 bits per heavy atom. The number of carbonyl (C=O) groups is 2. The number of nitrogens with one attached hydrogen (secondary N) is 1. The largest absolute Gasteiger partial charge is 0.478 e. The molecule has 3 heterocycles. The second kappa shape index (κ2) is 11.1. The Morgan fingerprint density at radius 1 is 0.974 bits per heavy atom. The van der Waals surface area contributed by atoms with Crippen molar-refractivity contribution in [1.29, 1.82) is 0 Å². The quantitative estimate of drug-likeness (QED) is 0.238.